The van der Waals surface area contributed by atoms with Gasteiger partial charge in [0.1, 0.15) is 17.3 Å². The molecule has 0 spiro atoms. The van der Waals surface area contributed by atoms with Gasteiger partial charge in [-0.2, -0.15) is 0 Å². The first-order chi connectivity index (χ1) is 14.2. The Kier molecular flexibility index (Phi) is 4.59. The number of nitrogens with zero attached hydrogens (tertiary/aromatic N) is 1. The third-order valence-electron chi connectivity index (χ3n) is 6.15. The molecule has 3 heteroatoms. The van der Waals surface area contributed by atoms with Crippen LogP contribution in [0.3, 0.4) is 0 Å². The Morgan fingerprint density at radius 3 is 2.55 bits per heavy atom. The van der Waals surface area contributed by atoms with Crippen molar-refractivity contribution in [2.24, 2.45) is 5.92 Å². The molecule has 5 rings (SSSR count). The van der Waals surface area contributed by atoms with Gasteiger partial charge < -0.3 is 9.64 Å². The molecule has 0 amide bonds. The van der Waals surface area contributed by atoms with Crippen molar-refractivity contribution in [3.8, 4) is 11.5 Å². The van der Waals surface area contributed by atoms with Crippen LogP contribution in [-0.4, -0.2) is 12.3 Å². The van der Waals surface area contributed by atoms with Crippen LogP contribution in [-0.2, 0) is 17.8 Å². The number of fused-ring (bicyclic) bond motifs is 1. The Labute approximate surface area is 171 Å². The van der Waals surface area contributed by atoms with Gasteiger partial charge in [0.15, 0.2) is 0 Å². The highest BCUT2D eigenvalue weighted by molar-refractivity contribution is 5.82. The average molecular weight is 383 g/mol. The summed E-state index contributed by atoms with van der Waals surface area (Å²) in [6.07, 6.45) is 2.05. The molecule has 1 heterocycles. The van der Waals surface area contributed by atoms with Gasteiger partial charge in [-0.1, -0.05) is 42.5 Å². The fraction of sp³-hybridized carbons (Fsp3) is 0.269. The summed E-state index contributed by atoms with van der Waals surface area (Å²) in [5.74, 6) is 2.74. The van der Waals surface area contributed by atoms with Crippen molar-refractivity contribution in [1.29, 1.82) is 0 Å². The maximum atomic E-state index is 11.6. The van der Waals surface area contributed by atoms with Gasteiger partial charge in [-0.3, -0.25) is 4.79 Å². The minimum atomic E-state index is 0.250. The first-order valence-electron chi connectivity index (χ1n) is 10.4. The summed E-state index contributed by atoms with van der Waals surface area (Å²) in [6.45, 7) is 3.62. The zero-order valence-electron chi connectivity index (χ0n) is 16.7. The van der Waals surface area contributed by atoms with E-state index in [-0.39, 0.29) is 5.92 Å². The van der Waals surface area contributed by atoms with Crippen LogP contribution in [0.25, 0.3) is 0 Å². The third-order valence-corrected chi connectivity index (χ3v) is 6.15. The minimum absolute atomic E-state index is 0.250. The van der Waals surface area contributed by atoms with Crippen molar-refractivity contribution in [2.45, 2.75) is 32.2 Å². The van der Waals surface area contributed by atoms with Crippen LogP contribution in [0, 0.1) is 5.92 Å². The predicted molar refractivity (Wildman–Crippen MR) is 116 cm³/mol. The third kappa shape index (κ3) is 3.77. The van der Waals surface area contributed by atoms with Crippen LogP contribution in [0.1, 0.15) is 36.0 Å². The Bertz CT molecular complexity index is 1040. The van der Waals surface area contributed by atoms with Gasteiger partial charge in [-0.05, 0) is 66.6 Å². The largest absolute Gasteiger partial charge is 0.457 e. The molecular formula is C26H25NO2. The van der Waals surface area contributed by atoms with Crippen LogP contribution in [0.2, 0.25) is 0 Å². The summed E-state index contributed by atoms with van der Waals surface area (Å²) in [6, 6.07) is 25.1. The Hall–Kier alpha value is -3.07. The number of carbonyl (C=O) groups excluding carboxylic acids is 1. The smallest absolute Gasteiger partial charge is 0.133 e. The van der Waals surface area contributed by atoms with E-state index in [4.69, 9.17) is 4.74 Å². The molecule has 1 saturated carbocycles. The molecule has 3 aromatic rings. The molecule has 29 heavy (non-hydrogen) atoms. The molecule has 0 saturated heterocycles. The molecule has 2 atom stereocenters. The fourth-order valence-electron chi connectivity index (χ4n) is 4.40. The van der Waals surface area contributed by atoms with Crippen molar-refractivity contribution < 1.29 is 9.53 Å². The summed E-state index contributed by atoms with van der Waals surface area (Å²) in [5, 5.41) is 0. The van der Waals surface area contributed by atoms with E-state index in [1.165, 1.54) is 22.4 Å². The van der Waals surface area contributed by atoms with E-state index in [0.29, 0.717) is 11.7 Å². The fourth-order valence-corrected chi connectivity index (χ4v) is 4.40. The van der Waals surface area contributed by atoms with Crippen molar-refractivity contribution in [2.75, 3.05) is 11.4 Å². The molecule has 0 N–H and O–H groups in total. The molecule has 0 bridgehead atoms. The zero-order chi connectivity index (χ0) is 19.8. The lowest BCUT2D eigenvalue weighted by Crippen LogP contribution is -2.30. The summed E-state index contributed by atoms with van der Waals surface area (Å²) < 4.78 is 6.00. The molecule has 1 fully saturated rings. The van der Waals surface area contributed by atoms with Gasteiger partial charge in [0, 0.05) is 30.8 Å². The summed E-state index contributed by atoms with van der Waals surface area (Å²) in [5.41, 5.74) is 5.35. The van der Waals surface area contributed by atoms with Crippen LogP contribution in [0.15, 0.2) is 72.8 Å². The van der Waals surface area contributed by atoms with Gasteiger partial charge in [0.05, 0.1) is 0 Å². The standard InChI is InChI=1S/C26H25NO2/c1-18(28)25-16-26(25)20-10-11-21-17-27(13-12-19(21)14-20)22-6-5-9-24(15-22)29-23-7-3-2-4-8-23/h2-11,14-15,25-26H,12-13,16-17H2,1H3. The van der Waals surface area contributed by atoms with Crippen LogP contribution < -0.4 is 9.64 Å². The molecule has 146 valence electrons. The normalized spacial score (nSPS) is 20.1. The minimum Gasteiger partial charge on any atom is -0.457 e. The lowest BCUT2D eigenvalue weighted by atomic mass is 9.95. The molecule has 2 aliphatic rings. The van der Waals surface area contributed by atoms with Gasteiger partial charge in [-0.25, -0.2) is 0 Å². The zero-order valence-corrected chi connectivity index (χ0v) is 16.7. The molecular weight excluding hydrogens is 358 g/mol. The van der Waals surface area contributed by atoms with Crippen molar-refractivity contribution in [1.82, 2.24) is 0 Å². The summed E-state index contributed by atoms with van der Waals surface area (Å²) >= 11 is 0. The molecule has 0 radical (unpaired) electrons. The lowest BCUT2D eigenvalue weighted by Gasteiger charge is -2.31. The number of hydrogen-bond acceptors (Lipinski definition) is 3. The van der Waals surface area contributed by atoms with Gasteiger partial charge in [-0.15, -0.1) is 0 Å². The number of para-hydroxylation sites is 1. The molecule has 3 aromatic carbocycles. The second-order valence-corrected chi connectivity index (χ2v) is 8.17. The van der Waals surface area contributed by atoms with Gasteiger partial charge >= 0.3 is 0 Å². The second kappa shape index (κ2) is 7.40. The van der Waals surface area contributed by atoms with E-state index in [2.05, 4.69) is 41.3 Å². The number of ether oxygens (including phenoxy) is 1. The first kappa shape index (κ1) is 18.0. The Balaban J connectivity index is 1.31. The summed E-state index contributed by atoms with van der Waals surface area (Å²) in [4.78, 5) is 14.0. The SMILES string of the molecule is CC(=O)C1CC1c1ccc2c(c1)CCN(c1cccc(Oc3ccccc3)c1)C2. The van der Waals surface area contributed by atoms with Crippen LogP contribution in [0.5, 0.6) is 11.5 Å². The Morgan fingerprint density at radius 2 is 1.76 bits per heavy atom. The highest BCUT2D eigenvalue weighted by Crippen LogP contribution is 2.48. The van der Waals surface area contributed by atoms with Gasteiger partial charge in [0.2, 0.25) is 0 Å². The van der Waals surface area contributed by atoms with Gasteiger partial charge in [0.25, 0.3) is 0 Å². The van der Waals surface area contributed by atoms with Crippen molar-refractivity contribution in [3.05, 3.63) is 89.5 Å². The molecule has 1 aliphatic heterocycles. The van der Waals surface area contributed by atoms with Crippen molar-refractivity contribution >= 4 is 11.5 Å². The number of hydrogen-bond donors (Lipinski definition) is 0. The van der Waals surface area contributed by atoms with Crippen molar-refractivity contribution in [3.63, 3.8) is 0 Å². The predicted octanol–water partition coefficient (Wildman–Crippen LogP) is 5.73. The molecule has 0 aromatic heterocycles. The number of benzene rings is 3. The number of ketones is 1. The number of rotatable bonds is 5. The average Bonchev–Trinajstić information content (AvgIpc) is 3.55. The van der Waals surface area contributed by atoms with E-state index in [1.54, 1.807) is 6.92 Å². The maximum Gasteiger partial charge on any atom is 0.133 e. The first-order valence-corrected chi connectivity index (χ1v) is 10.4. The lowest BCUT2D eigenvalue weighted by molar-refractivity contribution is -0.118. The molecule has 3 nitrogen and oxygen atoms in total. The highest BCUT2D eigenvalue weighted by atomic mass is 16.5. The van der Waals surface area contributed by atoms with E-state index < -0.39 is 0 Å². The van der Waals surface area contributed by atoms with E-state index in [9.17, 15) is 4.79 Å². The van der Waals surface area contributed by atoms with Crippen LogP contribution in [0.4, 0.5) is 5.69 Å². The van der Waals surface area contributed by atoms with E-state index in [0.717, 1.165) is 37.4 Å². The monoisotopic (exact) mass is 383 g/mol. The number of anilines is 1. The number of Topliss-reactive ketones (excluding diaryl/α,β-unsaturated/α-hetero) is 1. The van der Waals surface area contributed by atoms with E-state index >= 15 is 0 Å². The summed E-state index contributed by atoms with van der Waals surface area (Å²) in [7, 11) is 0. The number of carbonyl (C=O) groups is 1. The second-order valence-electron chi connectivity index (χ2n) is 8.17. The van der Waals surface area contributed by atoms with E-state index in [1.807, 2.05) is 36.4 Å². The highest BCUT2D eigenvalue weighted by Gasteiger charge is 2.41. The molecule has 2 unspecified atom stereocenters. The Morgan fingerprint density at radius 1 is 0.931 bits per heavy atom. The quantitative estimate of drug-likeness (QED) is 0.563. The maximum absolute atomic E-state index is 11.6. The topological polar surface area (TPSA) is 29.5 Å². The van der Waals surface area contributed by atoms with Crippen LogP contribution >= 0.6 is 0 Å². The molecule has 1 aliphatic carbocycles.